The normalized spacial score (nSPS) is 18.2. The number of carbonyl (C=O) groups is 1. The molecule has 2 aromatic carbocycles. The van der Waals surface area contributed by atoms with Crippen LogP contribution in [0.3, 0.4) is 0 Å². The molecule has 3 nitrogen and oxygen atoms in total. The Balaban J connectivity index is 2.04. The molecule has 0 saturated carbocycles. The van der Waals surface area contributed by atoms with Crippen molar-refractivity contribution >= 4 is 28.9 Å². The summed E-state index contributed by atoms with van der Waals surface area (Å²) in [6.45, 7) is 0. The van der Waals surface area contributed by atoms with Gasteiger partial charge in [-0.3, -0.25) is 4.79 Å². The molecular formula is C15H11FN2OS. The van der Waals surface area contributed by atoms with Crippen LogP contribution in [0, 0.1) is 5.82 Å². The Morgan fingerprint density at radius 1 is 1.05 bits per heavy atom. The zero-order chi connectivity index (χ0) is 14.1. The zero-order valence-electron chi connectivity index (χ0n) is 10.4. The Morgan fingerprint density at radius 3 is 2.35 bits per heavy atom. The van der Waals surface area contributed by atoms with E-state index in [1.165, 1.54) is 12.1 Å². The highest BCUT2D eigenvalue weighted by molar-refractivity contribution is 7.80. The summed E-state index contributed by atoms with van der Waals surface area (Å²) in [7, 11) is 0. The summed E-state index contributed by atoms with van der Waals surface area (Å²) in [4.78, 5) is 13.9. The second-order valence-corrected chi connectivity index (χ2v) is 4.84. The minimum Gasteiger partial charge on any atom is -0.302 e. The fourth-order valence-electron chi connectivity index (χ4n) is 2.27. The molecule has 1 heterocycles. The van der Waals surface area contributed by atoms with E-state index in [0.29, 0.717) is 10.7 Å². The van der Waals surface area contributed by atoms with E-state index < -0.39 is 6.04 Å². The van der Waals surface area contributed by atoms with E-state index in [1.807, 2.05) is 30.3 Å². The number of para-hydroxylation sites is 1. The van der Waals surface area contributed by atoms with Crippen LogP contribution in [0.15, 0.2) is 54.6 Å². The minimum atomic E-state index is -0.564. The molecule has 100 valence electrons. The second-order valence-electron chi connectivity index (χ2n) is 4.45. The number of thiocarbonyl (C=S) groups is 1. The highest BCUT2D eigenvalue weighted by Gasteiger charge is 2.37. The van der Waals surface area contributed by atoms with Gasteiger partial charge in [0.15, 0.2) is 5.11 Å². The topological polar surface area (TPSA) is 32.3 Å². The SMILES string of the molecule is O=C1NC(=S)N(c2ccccc2)C1c1ccc(F)cc1. The fourth-order valence-corrected chi connectivity index (χ4v) is 2.58. The van der Waals surface area contributed by atoms with Gasteiger partial charge in [0, 0.05) is 5.69 Å². The average Bonchev–Trinajstić information content (AvgIpc) is 2.75. The molecule has 2 aromatic rings. The smallest absolute Gasteiger partial charge is 0.253 e. The van der Waals surface area contributed by atoms with Crippen LogP contribution in [-0.4, -0.2) is 11.0 Å². The van der Waals surface area contributed by atoms with Gasteiger partial charge in [-0.2, -0.15) is 0 Å². The Bertz CT molecular complexity index is 657. The lowest BCUT2D eigenvalue weighted by Crippen LogP contribution is -2.29. The van der Waals surface area contributed by atoms with Crippen molar-refractivity contribution in [1.82, 2.24) is 5.32 Å². The van der Waals surface area contributed by atoms with E-state index >= 15 is 0 Å². The number of nitrogens with one attached hydrogen (secondary N) is 1. The van der Waals surface area contributed by atoms with Gasteiger partial charge in [-0.15, -0.1) is 0 Å². The van der Waals surface area contributed by atoms with Crippen LogP contribution >= 0.6 is 12.2 Å². The van der Waals surface area contributed by atoms with E-state index in [0.717, 1.165) is 5.69 Å². The van der Waals surface area contributed by atoms with Crippen molar-refractivity contribution in [3.8, 4) is 0 Å². The Hall–Kier alpha value is -2.27. The molecule has 0 aliphatic carbocycles. The van der Waals surface area contributed by atoms with Crippen LogP contribution < -0.4 is 10.2 Å². The highest BCUT2D eigenvalue weighted by Crippen LogP contribution is 2.31. The summed E-state index contributed by atoms with van der Waals surface area (Å²) in [5, 5.41) is 3.01. The van der Waals surface area contributed by atoms with Crippen LogP contribution in [0.25, 0.3) is 0 Å². The molecule has 1 unspecified atom stereocenters. The Labute approximate surface area is 121 Å². The third-order valence-corrected chi connectivity index (χ3v) is 3.47. The van der Waals surface area contributed by atoms with Crippen LogP contribution in [0.2, 0.25) is 0 Å². The molecule has 0 radical (unpaired) electrons. The van der Waals surface area contributed by atoms with Gasteiger partial charge in [0.2, 0.25) is 0 Å². The van der Waals surface area contributed by atoms with Gasteiger partial charge in [-0.25, -0.2) is 4.39 Å². The first-order chi connectivity index (χ1) is 9.66. The van der Waals surface area contributed by atoms with Crippen LogP contribution in [-0.2, 0) is 4.79 Å². The third kappa shape index (κ3) is 2.16. The second kappa shape index (κ2) is 5.02. The number of carbonyl (C=O) groups excluding carboxylic acids is 1. The lowest BCUT2D eigenvalue weighted by molar-refractivity contribution is -0.119. The zero-order valence-corrected chi connectivity index (χ0v) is 11.2. The molecule has 1 amide bonds. The van der Waals surface area contributed by atoms with Crippen molar-refractivity contribution in [2.75, 3.05) is 4.90 Å². The molecule has 3 rings (SSSR count). The molecule has 5 heteroatoms. The van der Waals surface area contributed by atoms with E-state index in [2.05, 4.69) is 5.32 Å². The van der Waals surface area contributed by atoms with Gasteiger partial charge in [-0.05, 0) is 42.0 Å². The van der Waals surface area contributed by atoms with Crippen molar-refractivity contribution < 1.29 is 9.18 Å². The van der Waals surface area contributed by atoms with E-state index in [-0.39, 0.29) is 11.7 Å². The fraction of sp³-hybridized carbons (Fsp3) is 0.0667. The number of benzene rings is 2. The lowest BCUT2D eigenvalue weighted by atomic mass is 10.1. The first-order valence-corrected chi connectivity index (χ1v) is 6.52. The predicted molar refractivity (Wildman–Crippen MR) is 78.8 cm³/mol. The van der Waals surface area contributed by atoms with Gasteiger partial charge < -0.3 is 10.2 Å². The van der Waals surface area contributed by atoms with E-state index in [1.54, 1.807) is 17.0 Å². The Kier molecular flexibility index (Phi) is 3.20. The molecule has 1 atom stereocenters. The van der Waals surface area contributed by atoms with Crippen LogP contribution in [0.1, 0.15) is 11.6 Å². The molecule has 0 aromatic heterocycles. The Morgan fingerprint density at radius 2 is 1.70 bits per heavy atom. The first kappa shape index (κ1) is 12.7. The number of nitrogens with zero attached hydrogens (tertiary/aromatic N) is 1. The lowest BCUT2D eigenvalue weighted by Gasteiger charge is -2.23. The van der Waals surface area contributed by atoms with E-state index in [9.17, 15) is 9.18 Å². The number of rotatable bonds is 2. The molecule has 1 aliphatic rings. The van der Waals surface area contributed by atoms with Gasteiger partial charge in [0.1, 0.15) is 11.9 Å². The number of hydrogen-bond donors (Lipinski definition) is 1. The number of amides is 1. The number of anilines is 1. The van der Waals surface area contributed by atoms with Gasteiger partial charge in [0.05, 0.1) is 0 Å². The molecular weight excluding hydrogens is 275 g/mol. The maximum absolute atomic E-state index is 13.0. The maximum atomic E-state index is 13.0. The number of halogens is 1. The largest absolute Gasteiger partial charge is 0.302 e. The summed E-state index contributed by atoms with van der Waals surface area (Å²) in [6, 6.07) is 14.7. The number of hydrogen-bond acceptors (Lipinski definition) is 2. The first-order valence-electron chi connectivity index (χ1n) is 6.11. The molecule has 1 N–H and O–H groups in total. The predicted octanol–water partition coefficient (Wildman–Crippen LogP) is 2.79. The van der Waals surface area contributed by atoms with E-state index in [4.69, 9.17) is 12.2 Å². The van der Waals surface area contributed by atoms with Gasteiger partial charge >= 0.3 is 0 Å². The monoisotopic (exact) mass is 286 g/mol. The van der Waals surface area contributed by atoms with Crippen molar-refractivity contribution in [3.63, 3.8) is 0 Å². The summed E-state index contributed by atoms with van der Waals surface area (Å²) in [5.74, 6) is -0.536. The standard InChI is InChI=1S/C15H11FN2OS/c16-11-8-6-10(7-9-11)13-14(19)17-15(20)18(13)12-4-2-1-3-5-12/h1-9,13H,(H,17,19,20). The van der Waals surface area contributed by atoms with Gasteiger partial charge in [-0.1, -0.05) is 30.3 Å². The van der Waals surface area contributed by atoms with Crippen molar-refractivity contribution in [2.24, 2.45) is 0 Å². The summed E-state index contributed by atoms with van der Waals surface area (Å²) in [6.07, 6.45) is 0. The van der Waals surface area contributed by atoms with Crippen LogP contribution in [0.4, 0.5) is 10.1 Å². The summed E-state index contributed by atoms with van der Waals surface area (Å²) in [5.41, 5.74) is 1.53. The average molecular weight is 286 g/mol. The maximum Gasteiger partial charge on any atom is 0.253 e. The molecule has 1 aliphatic heterocycles. The highest BCUT2D eigenvalue weighted by atomic mass is 32.1. The molecule has 0 spiro atoms. The van der Waals surface area contributed by atoms with Crippen molar-refractivity contribution in [1.29, 1.82) is 0 Å². The molecule has 1 saturated heterocycles. The summed E-state index contributed by atoms with van der Waals surface area (Å²) < 4.78 is 13.0. The third-order valence-electron chi connectivity index (χ3n) is 3.18. The molecule has 1 fully saturated rings. The molecule has 0 bridgehead atoms. The van der Waals surface area contributed by atoms with Gasteiger partial charge in [0.25, 0.3) is 5.91 Å². The molecule has 20 heavy (non-hydrogen) atoms. The van der Waals surface area contributed by atoms with Crippen molar-refractivity contribution in [2.45, 2.75) is 6.04 Å². The minimum absolute atomic E-state index is 0.203. The van der Waals surface area contributed by atoms with Crippen LogP contribution in [0.5, 0.6) is 0 Å². The van der Waals surface area contributed by atoms with Crippen molar-refractivity contribution in [3.05, 3.63) is 66.0 Å². The summed E-state index contributed by atoms with van der Waals surface area (Å²) >= 11 is 5.22. The quantitative estimate of drug-likeness (QED) is 0.862.